The van der Waals surface area contributed by atoms with Gasteiger partial charge < -0.3 is 10.1 Å². The van der Waals surface area contributed by atoms with Crippen molar-refractivity contribution in [3.63, 3.8) is 0 Å². The van der Waals surface area contributed by atoms with Gasteiger partial charge in [0.1, 0.15) is 5.75 Å². The van der Waals surface area contributed by atoms with Crippen molar-refractivity contribution in [3.8, 4) is 5.75 Å². The van der Waals surface area contributed by atoms with E-state index in [4.69, 9.17) is 4.74 Å². The van der Waals surface area contributed by atoms with Crippen LogP contribution in [0.3, 0.4) is 0 Å². The molecule has 0 unspecified atom stereocenters. The summed E-state index contributed by atoms with van der Waals surface area (Å²) in [5, 5.41) is 3.13. The second-order valence-electron chi connectivity index (χ2n) is 5.43. The Morgan fingerprint density at radius 1 is 1.06 bits per heavy atom. The van der Waals surface area contributed by atoms with Crippen molar-refractivity contribution in [2.45, 2.75) is 39.0 Å². The van der Waals surface area contributed by atoms with Gasteiger partial charge in [0.2, 0.25) is 0 Å². The molecule has 0 radical (unpaired) electrons. The van der Waals surface area contributed by atoms with Crippen molar-refractivity contribution in [1.29, 1.82) is 0 Å². The highest BCUT2D eigenvalue weighted by molar-refractivity contribution is 5.31. The van der Waals surface area contributed by atoms with Crippen LogP contribution in [0.15, 0.2) is 24.3 Å². The van der Waals surface area contributed by atoms with Gasteiger partial charge >= 0.3 is 0 Å². The van der Waals surface area contributed by atoms with Crippen LogP contribution in [-0.4, -0.2) is 20.2 Å². The Labute approximate surface area is 105 Å². The topological polar surface area (TPSA) is 21.3 Å². The Balaban J connectivity index is 2.36. The highest BCUT2D eigenvalue weighted by Crippen LogP contribution is 2.24. The van der Waals surface area contributed by atoms with E-state index in [-0.39, 0.29) is 5.41 Å². The first kappa shape index (κ1) is 14.0. The van der Waals surface area contributed by atoms with Crippen molar-refractivity contribution in [2.75, 3.05) is 20.2 Å². The molecule has 0 aliphatic rings. The normalized spacial score (nSPS) is 11.5. The summed E-state index contributed by atoms with van der Waals surface area (Å²) in [5.41, 5.74) is 1.56. The second-order valence-corrected chi connectivity index (χ2v) is 5.43. The average molecular weight is 235 g/mol. The summed E-state index contributed by atoms with van der Waals surface area (Å²) in [6.45, 7) is 8.53. The first-order valence-corrected chi connectivity index (χ1v) is 6.42. The standard InChI is InChI=1S/C15H25NO/c1-15(2,3)13-7-9-14(10-8-13)17-12-6-5-11-16-4/h7-10,16H,5-6,11-12H2,1-4H3. The van der Waals surface area contributed by atoms with E-state index in [2.05, 4.69) is 50.4 Å². The van der Waals surface area contributed by atoms with Gasteiger partial charge in [-0.05, 0) is 49.5 Å². The molecule has 0 amide bonds. The van der Waals surface area contributed by atoms with Crippen LogP contribution >= 0.6 is 0 Å². The lowest BCUT2D eigenvalue weighted by Gasteiger charge is -2.19. The van der Waals surface area contributed by atoms with Crippen LogP contribution in [0.2, 0.25) is 0 Å². The number of hydrogen-bond acceptors (Lipinski definition) is 2. The third kappa shape index (κ3) is 5.22. The lowest BCUT2D eigenvalue weighted by atomic mass is 9.87. The second kappa shape index (κ2) is 6.65. The Morgan fingerprint density at radius 3 is 2.24 bits per heavy atom. The number of rotatable bonds is 6. The molecule has 0 spiro atoms. The summed E-state index contributed by atoms with van der Waals surface area (Å²) < 4.78 is 5.69. The quantitative estimate of drug-likeness (QED) is 0.763. The largest absolute Gasteiger partial charge is 0.494 e. The van der Waals surface area contributed by atoms with E-state index in [1.807, 2.05) is 7.05 Å². The zero-order valence-electron chi connectivity index (χ0n) is 11.5. The van der Waals surface area contributed by atoms with E-state index < -0.39 is 0 Å². The van der Waals surface area contributed by atoms with Gasteiger partial charge in [-0.25, -0.2) is 0 Å². The molecule has 96 valence electrons. The van der Waals surface area contributed by atoms with Crippen molar-refractivity contribution in [3.05, 3.63) is 29.8 Å². The Bertz CT molecular complexity index is 311. The number of benzene rings is 1. The fraction of sp³-hybridized carbons (Fsp3) is 0.600. The summed E-state index contributed by atoms with van der Waals surface area (Å²) in [6, 6.07) is 8.45. The predicted molar refractivity (Wildman–Crippen MR) is 73.8 cm³/mol. The Morgan fingerprint density at radius 2 is 1.71 bits per heavy atom. The number of hydrogen-bond donors (Lipinski definition) is 1. The minimum absolute atomic E-state index is 0.214. The van der Waals surface area contributed by atoms with Crippen LogP contribution in [0.1, 0.15) is 39.2 Å². The van der Waals surface area contributed by atoms with E-state index in [0.717, 1.165) is 31.7 Å². The molecule has 0 bridgehead atoms. The zero-order chi connectivity index (χ0) is 12.7. The minimum Gasteiger partial charge on any atom is -0.494 e. The molecule has 0 saturated heterocycles. The summed E-state index contributed by atoms with van der Waals surface area (Å²) in [5.74, 6) is 0.974. The summed E-state index contributed by atoms with van der Waals surface area (Å²) >= 11 is 0. The smallest absolute Gasteiger partial charge is 0.119 e. The van der Waals surface area contributed by atoms with Gasteiger partial charge in [0.15, 0.2) is 0 Å². The minimum atomic E-state index is 0.214. The molecular formula is C15H25NO. The van der Waals surface area contributed by atoms with E-state index in [0.29, 0.717) is 0 Å². The maximum atomic E-state index is 5.69. The predicted octanol–water partition coefficient (Wildman–Crippen LogP) is 3.36. The van der Waals surface area contributed by atoms with Crippen molar-refractivity contribution >= 4 is 0 Å². The highest BCUT2D eigenvalue weighted by Gasteiger charge is 2.12. The van der Waals surface area contributed by atoms with Gasteiger partial charge in [0.05, 0.1) is 6.61 Å². The molecule has 0 aromatic heterocycles. The van der Waals surface area contributed by atoms with E-state index in [1.54, 1.807) is 0 Å². The monoisotopic (exact) mass is 235 g/mol. The molecule has 2 nitrogen and oxygen atoms in total. The van der Waals surface area contributed by atoms with Gasteiger partial charge in [-0.15, -0.1) is 0 Å². The fourth-order valence-corrected chi connectivity index (χ4v) is 1.65. The third-order valence-electron chi connectivity index (χ3n) is 2.81. The van der Waals surface area contributed by atoms with E-state index in [1.165, 1.54) is 5.56 Å². The molecule has 0 aliphatic carbocycles. The van der Waals surface area contributed by atoms with Crippen LogP contribution in [0.25, 0.3) is 0 Å². The molecule has 1 aromatic rings. The van der Waals surface area contributed by atoms with Crippen LogP contribution < -0.4 is 10.1 Å². The maximum absolute atomic E-state index is 5.69. The van der Waals surface area contributed by atoms with E-state index in [9.17, 15) is 0 Å². The summed E-state index contributed by atoms with van der Waals surface area (Å²) in [4.78, 5) is 0. The molecule has 0 heterocycles. The molecule has 1 N–H and O–H groups in total. The first-order chi connectivity index (χ1) is 8.04. The zero-order valence-corrected chi connectivity index (χ0v) is 11.5. The highest BCUT2D eigenvalue weighted by atomic mass is 16.5. The lowest BCUT2D eigenvalue weighted by molar-refractivity contribution is 0.306. The van der Waals surface area contributed by atoms with Crippen LogP contribution in [-0.2, 0) is 5.41 Å². The molecule has 17 heavy (non-hydrogen) atoms. The van der Waals surface area contributed by atoms with Gasteiger partial charge in [-0.1, -0.05) is 32.9 Å². The molecular weight excluding hydrogens is 210 g/mol. The lowest BCUT2D eigenvalue weighted by Crippen LogP contribution is -2.11. The van der Waals surface area contributed by atoms with Gasteiger partial charge in [0, 0.05) is 0 Å². The van der Waals surface area contributed by atoms with Crippen LogP contribution in [0.5, 0.6) is 5.75 Å². The average Bonchev–Trinajstić information content (AvgIpc) is 2.28. The number of ether oxygens (including phenoxy) is 1. The number of unbranched alkanes of at least 4 members (excludes halogenated alkanes) is 1. The molecule has 0 aliphatic heterocycles. The van der Waals surface area contributed by atoms with Crippen LogP contribution in [0.4, 0.5) is 0 Å². The molecule has 1 aromatic carbocycles. The Hall–Kier alpha value is -1.02. The third-order valence-corrected chi connectivity index (χ3v) is 2.81. The van der Waals surface area contributed by atoms with E-state index >= 15 is 0 Å². The molecule has 0 saturated carbocycles. The van der Waals surface area contributed by atoms with Crippen molar-refractivity contribution in [2.24, 2.45) is 0 Å². The molecule has 0 atom stereocenters. The SMILES string of the molecule is CNCCCCOc1ccc(C(C)(C)C)cc1. The summed E-state index contributed by atoms with van der Waals surface area (Å²) in [6.07, 6.45) is 2.26. The fourth-order valence-electron chi connectivity index (χ4n) is 1.65. The van der Waals surface area contributed by atoms with Gasteiger partial charge in [-0.3, -0.25) is 0 Å². The molecule has 0 fully saturated rings. The van der Waals surface area contributed by atoms with Crippen molar-refractivity contribution < 1.29 is 4.74 Å². The number of nitrogens with one attached hydrogen (secondary N) is 1. The molecule has 1 rings (SSSR count). The van der Waals surface area contributed by atoms with Gasteiger partial charge in [-0.2, -0.15) is 0 Å². The maximum Gasteiger partial charge on any atom is 0.119 e. The van der Waals surface area contributed by atoms with Crippen molar-refractivity contribution in [1.82, 2.24) is 5.32 Å². The first-order valence-electron chi connectivity index (χ1n) is 6.42. The molecule has 2 heteroatoms. The van der Waals surface area contributed by atoms with Crippen LogP contribution in [0, 0.1) is 0 Å². The van der Waals surface area contributed by atoms with Gasteiger partial charge in [0.25, 0.3) is 0 Å². The summed E-state index contributed by atoms with van der Waals surface area (Å²) in [7, 11) is 1.98. The Kier molecular flexibility index (Phi) is 5.49.